The number of nitrogens with one attached hydrogen (secondary N) is 3. The van der Waals surface area contributed by atoms with Crippen LogP contribution in [-0.4, -0.2) is 24.6 Å². The third kappa shape index (κ3) is 1.30. The van der Waals surface area contributed by atoms with Crippen molar-refractivity contribution >= 4 is 10.9 Å². The molecule has 18 heavy (non-hydrogen) atoms. The fourth-order valence-corrected chi connectivity index (χ4v) is 3.46. The van der Waals surface area contributed by atoms with Crippen molar-refractivity contribution in [2.75, 3.05) is 19.6 Å². The molecule has 3 nitrogen and oxygen atoms in total. The van der Waals surface area contributed by atoms with Gasteiger partial charge in [-0.3, -0.25) is 0 Å². The molecule has 0 radical (unpaired) electrons. The second kappa shape index (κ2) is 3.56. The number of hydrogen-bond donors (Lipinski definition) is 3. The van der Waals surface area contributed by atoms with Crippen LogP contribution < -0.4 is 10.6 Å². The molecule has 4 heteroatoms. The molecule has 4 rings (SSSR count). The van der Waals surface area contributed by atoms with Gasteiger partial charge in [0.15, 0.2) is 0 Å². The van der Waals surface area contributed by atoms with Gasteiger partial charge in [0.1, 0.15) is 5.82 Å². The first kappa shape index (κ1) is 10.5. The average molecular weight is 245 g/mol. The second-order valence-electron chi connectivity index (χ2n) is 5.35. The number of H-pyrrole nitrogens is 1. The third-order valence-corrected chi connectivity index (χ3v) is 4.34. The number of hydrogen-bond acceptors (Lipinski definition) is 2. The van der Waals surface area contributed by atoms with E-state index in [4.69, 9.17) is 0 Å². The molecule has 2 aliphatic rings. The smallest absolute Gasteiger partial charge is 0.123 e. The van der Waals surface area contributed by atoms with Gasteiger partial charge in [-0.1, -0.05) is 0 Å². The topological polar surface area (TPSA) is 39.9 Å². The summed E-state index contributed by atoms with van der Waals surface area (Å²) in [5.74, 6) is -0.151. The molecule has 0 bridgehead atoms. The predicted molar refractivity (Wildman–Crippen MR) is 69.1 cm³/mol. The zero-order chi connectivity index (χ0) is 12.2. The number of rotatable bonds is 0. The van der Waals surface area contributed by atoms with Gasteiger partial charge in [0.25, 0.3) is 0 Å². The Morgan fingerprint density at radius 3 is 3.00 bits per heavy atom. The monoisotopic (exact) mass is 245 g/mol. The van der Waals surface area contributed by atoms with Gasteiger partial charge in [-0.15, -0.1) is 0 Å². The zero-order valence-electron chi connectivity index (χ0n) is 10.1. The van der Waals surface area contributed by atoms with E-state index in [0.717, 1.165) is 43.4 Å². The van der Waals surface area contributed by atoms with E-state index in [-0.39, 0.29) is 11.4 Å². The van der Waals surface area contributed by atoms with E-state index in [1.165, 1.54) is 17.3 Å². The van der Waals surface area contributed by atoms with E-state index in [9.17, 15) is 4.39 Å². The van der Waals surface area contributed by atoms with E-state index in [0.29, 0.717) is 0 Å². The van der Waals surface area contributed by atoms with Gasteiger partial charge in [-0.05, 0) is 43.1 Å². The lowest BCUT2D eigenvalue weighted by atomic mass is 9.86. The van der Waals surface area contributed by atoms with E-state index in [1.807, 2.05) is 6.07 Å². The van der Waals surface area contributed by atoms with Crippen molar-refractivity contribution < 1.29 is 4.39 Å². The Hall–Kier alpha value is -1.39. The van der Waals surface area contributed by atoms with Crippen LogP contribution in [0.3, 0.4) is 0 Å². The van der Waals surface area contributed by atoms with Crippen LogP contribution >= 0.6 is 0 Å². The highest BCUT2D eigenvalue weighted by Crippen LogP contribution is 2.37. The molecule has 1 atom stereocenters. The lowest BCUT2D eigenvalue weighted by Crippen LogP contribution is -2.48. The summed E-state index contributed by atoms with van der Waals surface area (Å²) in [4.78, 5) is 3.51. The van der Waals surface area contributed by atoms with Crippen molar-refractivity contribution in [2.45, 2.75) is 18.4 Å². The van der Waals surface area contributed by atoms with Gasteiger partial charge < -0.3 is 15.6 Å². The normalized spacial score (nSPS) is 26.9. The van der Waals surface area contributed by atoms with Crippen LogP contribution in [0.25, 0.3) is 10.9 Å². The van der Waals surface area contributed by atoms with Crippen LogP contribution in [-0.2, 0) is 12.0 Å². The van der Waals surface area contributed by atoms with Crippen LogP contribution in [0.2, 0.25) is 0 Å². The van der Waals surface area contributed by atoms with Crippen LogP contribution in [0.15, 0.2) is 18.2 Å². The third-order valence-electron chi connectivity index (χ3n) is 4.34. The summed E-state index contributed by atoms with van der Waals surface area (Å²) in [6.07, 6.45) is 2.07. The van der Waals surface area contributed by atoms with Crippen molar-refractivity contribution in [1.29, 1.82) is 0 Å². The molecule has 3 heterocycles. The molecule has 1 aromatic heterocycles. The Morgan fingerprint density at radius 2 is 2.17 bits per heavy atom. The van der Waals surface area contributed by atoms with Gasteiger partial charge >= 0.3 is 0 Å². The average Bonchev–Trinajstić information content (AvgIpc) is 2.96. The molecule has 1 aromatic carbocycles. The summed E-state index contributed by atoms with van der Waals surface area (Å²) in [5.41, 5.74) is 3.64. The van der Waals surface area contributed by atoms with E-state index < -0.39 is 0 Å². The fourth-order valence-electron chi connectivity index (χ4n) is 3.46. The molecule has 94 valence electrons. The summed E-state index contributed by atoms with van der Waals surface area (Å²) in [6, 6.07) is 5.03. The first-order valence-electron chi connectivity index (χ1n) is 6.55. The molecule has 1 fully saturated rings. The van der Waals surface area contributed by atoms with Crippen molar-refractivity contribution in [3.63, 3.8) is 0 Å². The maximum absolute atomic E-state index is 13.4. The summed E-state index contributed by atoms with van der Waals surface area (Å²) in [5, 5.41) is 8.12. The largest absolute Gasteiger partial charge is 0.357 e. The molecule has 1 unspecified atom stereocenters. The minimum atomic E-state index is -0.151. The van der Waals surface area contributed by atoms with Crippen molar-refractivity contribution in [3.05, 3.63) is 35.3 Å². The van der Waals surface area contributed by atoms with Crippen LogP contribution in [0.4, 0.5) is 4.39 Å². The summed E-state index contributed by atoms with van der Waals surface area (Å²) < 4.78 is 13.4. The molecule has 3 N–H and O–H groups in total. The van der Waals surface area contributed by atoms with Crippen LogP contribution in [0, 0.1) is 5.82 Å². The van der Waals surface area contributed by atoms with Gasteiger partial charge in [0.05, 0.1) is 5.54 Å². The molecule has 2 aliphatic heterocycles. The Balaban J connectivity index is 1.98. The van der Waals surface area contributed by atoms with Gasteiger partial charge in [0, 0.05) is 29.7 Å². The number of aromatic amines is 1. The quantitative estimate of drug-likeness (QED) is 0.660. The van der Waals surface area contributed by atoms with Crippen LogP contribution in [0.5, 0.6) is 0 Å². The Labute approximate surface area is 105 Å². The molecule has 0 aliphatic carbocycles. The summed E-state index contributed by atoms with van der Waals surface area (Å²) >= 11 is 0. The number of aromatic nitrogens is 1. The zero-order valence-corrected chi connectivity index (χ0v) is 10.1. The van der Waals surface area contributed by atoms with Crippen LogP contribution in [0.1, 0.15) is 17.7 Å². The molecule has 2 aromatic rings. The number of fused-ring (bicyclic) bond motifs is 4. The SMILES string of the molecule is Fc1ccc2[nH]c3c(c2c1)CCNC31CCNC1. The lowest BCUT2D eigenvalue weighted by Gasteiger charge is -2.34. The molecular formula is C14H16FN3. The van der Waals surface area contributed by atoms with Gasteiger partial charge in [-0.2, -0.15) is 0 Å². The molecule has 1 saturated heterocycles. The highest BCUT2D eigenvalue weighted by atomic mass is 19.1. The highest BCUT2D eigenvalue weighted by Gasteiger charge is 2.40. The minimum absolute atomic E-state index is 0.0308. The van der Waals surface area contributed by atoms with E-state index in [1.54, 1.807) is 6.07 Å². The maximum atomic E-state index is 13.4. The Kier molecular flexibility index (Phi) is 2.08. The van der Waals surface area contributed by atoms with E-state index >= 15 is 0 Å². The highest BCUT2D eigenvalue weighted by molar-refractivity contribution is 5.85. The van der Waals surface area contributed by atoms with E-state index in [2.05, 4.69) is 15.6 Å². The molecular weight excluding hydrogens is 229 g/mol. The molecule has 1 spiro atoms. The molecule has 0 saturated carbocycles. The minimum Gasteiger partial charge on any atom is -0.357 e. The van der Waals surface area contributed by atoms with Gasteiger partial charge in [0.2, 0.25) is 0 Å². The van der Waals surface area contributed by atoms with Crippen molar-refractivity contribution in [2.24, 2.45) is 0 Å². The molecule has 0 amide bonds. The standard InChI is InChI=1S/C14H16FN3/c15-9-1-2-12-11(7-9)10-3-5-17-14(13(10)18-12)4-6-16-8-14/h1-2,7,16-18H,3-6,8H2. The first-order chi connectivity index (χ1) is 8.78. The van der Waals surface area contributed by atoms with Crippen molar-refractivity contribution in [1.82, 2.24) is 15.6 Å². The second-order valence-corrected chi connectivity index (χ2v) is 5.35. The maximum Gasteiger partial charge on any atom is 0.123 e. The number of halogens is 1. The summed E-state index contributed by atoms with van der Waals surface area (Å²) in [7, 11) is 0. The summed E-state index contributed by atoms with van der Waals surface area (Å²) in [6.45, 7) is 2.96. The van der Waals surface area contributed by atoms with Crippen molar-refractivity contribution in [3.8, 4) is 0 Å². The predicted octanol–water partition coefficient (Wildman–Crippen LogP) is 1.64. The Bertz CT molecular complexity index is 611. The lowest BCUT2D eigenvalue weighted by molar-refractivity contribution is 0.339. The van der Waals surface area contributed by atoms with Gasteiger partial charge in [-0.25, -0.2) is 4.39 Å². The first-order valence-corrected chi connectivity index (χ1v) is 6.55. The Morgan fingerprint density at radius 1 is 1.22 bits per heavy atom. The number of benzene rings is 1. The fraction of sp³-hybridized carbons (Fsp3) is 0.429.